The predicted octanol–water partition coefficient (Wildman–Crippen LogP) is -0.691. The van der Waals surface area contributed by atoms with Crippen molar-refractivity contribution in [2.24, 2.45) is 16.6 Å². The van der Waals surface area contributed by atoms with Crippen molar-refractivity contribution in [3.05, 3.63) is 11.6 Å². The maximum Gasteiger partial charge on any atom is 0.248 e. The molecule has 2 aliphatic rings. The first kappa shape index (κ1) is 58.7. The van der Waals surface area contributed by atoms with Crippen LogP contribution in [0.2, 0.25) is 0 Å². The van der Waals surface area contributed by atoms with Crippen LogP contribution in [0.25, 0.3) is 0 Å². The number of rotatable bonds is 24. The Morgan fingerprint density at radius 3 is 2.03 bits per heavy atom. The number of hydrogen-bond acceptors (Lipinski definition) is 12. The van der Waals surface area contributed by atoms with Crippen LogP contribution in [0.5, 0.6) is 0 Å². The Hall–Kier alpha value is -5.45. The second-order valence-electron chi connectivity index (χ2n) is 17.7. The molecule has 2 bridgehead atoms. The molecule has 0 saturated carbocycles. The molecule has 0 aliphatic carbocycles. The molecule has 68 heavy (non-hydrogen) atoms. The lowest BCUT2D eigenvalue weighted by molar-refractivity contribution is -0.141. The molecule has 0 radical (unpaired) electrons. The Morgan fingerprint density at radius 2 is 1.44 bits per heavy atom. The second kappa shape index (κ2) is 32.3. The van der Waals surface area contributed by atoms with E-state index in [0.29, 0.717) is 6.42 Å². The summed E-state index contributed by atoms with van der Waals surface area (Å²) in [6.07, 6.45) is 13.3. The van der Waals surface area contributed by atoms with Gasteiger partial charge < -0.3 is 64.0 Å². The van der Waals surface area contributed by atoms with E-state index in [4.69, 9.17) is 5.73 Å². The average molecular weight is 979 g/mol. The zero-order chi connectivity index (χ0) is 50.5. The number of nitrogens with one attached hydrogen (secondary N) is 10. The van der Waals surface area contributed by atoms with Gasteiger partial charge in [-0.05, 0) is 43.9 Å². The number of aliphatic hydroxyl groups excluding tert-OH is 1. The summed E-state index contributed by atoms with van der Waals surface area (Å²) in [6, 6.07) is -6.73. The molecule has 23 heteroatoms. The van der Waals surface area contributed by atoms with Crippen molar-refractivity contribution in [1.82, 2.24) is 53.2 Å². The van der Waals surface area contributed by atoms with Crippen molar-refractivity contribution in [2.75, 3.05) is 39.5 Å². The number of hydrogen-bond donors (Lipinski definition) is 12. The van der Waals surface area contributed by atoms with Crippen LogP contribution in [0.15, 0.2) is 16.6 Å². The number of unbranched alkanes of at least 4 members (excludes halogenated alkanes) is 11. The maximum absolute atomic E-state index is 14.4. The van der Waals surface area contributed by atoms with Crippen LogP contribution < -0.4 is 58.9 Å². The first-order chi connectivity index (χ1) is 32.4. The Labute approximate surface area is 404 Å². The normalized spacial score (nSPS) is 23.1. The molecule has 0 aromatic carbocycles. The number of amides is 9. The quantitative estimate of drug-likeness (QED) is 0.0324. The first-order valence-corrected chi connectivity index (χ1v) is 24.9. The molecule has 0 aromatic heterocycles. The van der Waals surface area contributed by atoms with Gasteiger partial charge in [0.25, 0.3) is 0 Å². The highest BCUT2D eigenvalue weighted by molar-refractivity contribution is 8.02. The lowest BCUT2D eigenvalue weighted by atomic mass is 9.88. The van der Waals surface area contributed by atoms with Gasteiger partial charge in [0.2, 0.25) is 53.2 Å². The Morgan fingerprint density at radius 1 is 0.809 bits per heavy atom. The molecule has 2 heterocycles. The van der Waals surface area contributed by atoms with Crippen LogP contribution in [0.3, 0.4) is 0 Å². The number of aliphatic imine (C=N–C) groups is 1. The number of aliphatic hydroxyl groups is 1. The molecule has 13 N–H and O–H groups in total. The fourth-order valence-corrected chi connectivity index (χ4v) is 8.46. The minimum absolute atomic E-state index is 0.0806. The van der Waals surface area contributed by atoms with Gasteiger partial charge in [-0.3, -0.25) is 48.1 Å². The molecule has 384 valence electrons. The molecule has 2 aliphatic heterocycles. The third kappa shape index (κ3) is 22.6. The zero-order valence-electron chi connectivity index (χ0n) is 40.5. The summed E-state index contributed by atoms with van der Waals surface area (Å²) in [6.45, 7) is 4.54. The van der Waals surface area contributed by atoms with E-state index in [9.17, 15) is 48.3 Å². The monoisotopic (exact) mass is 979 g/mol. The number of carbonyl (C=O) groups is 9. The molecule has 2 rings (SSSR count). The van der Waals surface area contributed by atoms with Crippen LogP contribution in [-0.2, 0) is 43.2 Å². The van der Waals surface area contributed by atoms with Crippen LogP contribution in [0.1, 0.15) is 130 Å². The van der Waals surface area contributed by atoms with Gasteiger partial charge in [0.15, 0.2) is 5.96 Å². The van der Waals surface area contributed by atoms with Gasteiger partial charge in [-0.1, -0.05) is 78.1 Å². The van der Waals surface area contributed by atoms with Crippen LogP contribution in [-0.4, -0.2) is 140 Å². The molecule has 1 fully saturated rings. The van der Waals surface area contributed by atoms with Crippen LogP contribution in [0, 0.1) is 5.92 Å². The van der Waals surface area contributed by atoms with Gasteiger partial charge in [0, 0.05) is 51.9 Å². The predicted molar refractivity (Wildman–Crippen MR) is 259 cm³/mol. The largest absolute Gasteiger partial charge is 0.394 e. The van der Waals surface area contributed by atoms with Crippen LogP contribution in [0.4, 0.5) is 0 Å². The Bertz CT molecular complexity index is 1750. The zero-order valence-corrected chi connectivity index (χ0v) is 41.3. The Kier molecular flexibility index (Phi) is 27.9. The van der Waals surface area contributed by atoms with Crippen LogP contribution >= 0.6 is 11.8 Å². The number of primary amides is 1. The fraction of sp³-hybridized carbons (Fsp3) is 0.733. The number of nitrogens with two attached hydrogens (primary N) is 1. The lowest BCUT2D eigenvalue weighted by Gasteiger charge is -2.40. The van der Waals surface area contributed by atoms with Crippen molar-refractivity contribution in [2.45, 2.75) is 166 Å². The highest BCUT2D eigenvalue weighted by atomic mass is 32.2. The van der Waals surface area contributed by atoms with E-state index in [1.165, 1.54) is 57.1 Å². The summed E-state index contributed by atoms with van der Waals surface area (Å²) in [4.78, 5) is 124. The smallest absolute Gasteiger partial charge is 0.248 e. The first-order valence-electron chi connectivity index (χ1n) is 23.9. The van der Waals surface area contributed by atoms with Gasteiger partial charge in [0.05, 0.1) is 13.2 Å². The second-order valence-corrected chi connectivity index (χ2v) is 18.6. The Balaban J connectivity index is 2.17. The van der Waals surface area contributed by atoms with E-state index in [1.807, 2.05) is 7.05 Å². The standard InChI is InChI=1S/C45H78N12O10S/c1-29(2)24-32-39(63)51-26-37(61)53-34(27-58)40(64)49-22-23-68-28-45(25-33(42(66)54-32)55-41(65)31(56-43(45)67)19-20-35(46)59)57-38(62)30(3)52-36(60)18-16-14-12-10-8-6-7-9-11-13-15-17-21-50-44(47-4)48-5/h22-23,29-34,58H,6-21,24-28H2,1-5H3,(H2,46,59)(H,49,64)(H,51,63)(H,52,60)(H,53,61)(H,54,66)(H,55,65)(H,56,67)(H,57,62)(H2,47,48,50)/b23-22-. The van der Waals surface area contributed by atoms with Crippen molar-refractivity contribution in [1.29, 1.82) is 0 Å². The number of nitrogens with zero attached hydrogens (tertiary/aromatic N) is 1. The molecule has 0 spiro atoms. The van der Waals surface area contributed by atoms with E-state index in [2.05, 4.69) is 58.2 Å². The highest BCUT2D eigenvalue weighted by Crippen LogP contribution is 2.25. The number of guanidine groups is 1. The van der Waals surface area contributed by atoms with Crippen molar-refractivity contribution >= 4 is 70.9 Å². The SMILES string of the molecule is CN=C(NC)NCCCCCCCCCCCCCCC(=O)NC(C)C(=O)NC12CS/C=C\NC(=O)C(CO)NC(=O)CNC(=O)C(CC(C)C)NC(=O)C(C1)NC(=O)C(CCC(N)=O)NC2=O. The minimum atomic E-state index is -2.00. The minimum Gasteiger partial charge on any atom is -0.394 e. The summed E-state index contributed by atoms with van der Waals surface area (Å²) < 4.78 is 0. The summed E-state index contributed by atoms with van der Waals surface area (Å²) in [5, 5.41) is 37.8. The highest BCUT2D eigenvalue weighted by Gasteiger charge is 2.48. The topological polar surface area (TPSA) is 333 Å². The molecule has 6 unspecified atom stereocenters. The van der Waals surface area contributed by atoms with Gasteiger partial charge in [-0.25, -0.2) is 0 Å². The van der Waals surface area contributed by atoms with E-state index >= 15 is 0 Å². The van der Waals surface area contributed by atoms with Gasteiger partial charge >= 0.3 is 0 Å². The number of fused-ring (bicyclic) bond motifs is 2. The molecule has 0 aromatic rings. The summed E-state index contributed by atoms with van der Waals surface area (Å²) in [5.41, 5.74) is 3.37. The lowest BCUT2D eigenvalue weighted by Crippen LogP contribution is -2.71. The maximum atomic E-state index is 14.4. The van der Waals surface area contributed by atoms with Crippen molar-refractivity contribution in [3.8, 4) is 0 Å². The molecule has 1 saturated heterocycles. The third-order valence-electron chi connectivity index (χ3n) is 11.5. The third-order valence-corrected chi connectivity index (χ3v) is 12.4. The number of thioether (sulfide) groups is 1. The summed E-state index contributed by atoms with van der Waals surface area (Å²) >= 11 is 0.925. The van der Waals surface area contributed by atoms with E-state index in [0.717, 1.165) is 56.4 Å². The summed E-state index contributed by atoms with van der Waals surface area (Å²) in [5.74, 6) is -6.56. The van der Waals surface area contributed by atoms with E-state index in [1.54, 1.807) is 20.9 Å². The average Bonchev–Trinajstić information content (AvgIpc) is 3.29. The van der Waals surface area contributed by atoms with Gasteiger partial charge in [0.1, 0.15) is 35.7 Å². The van der Waals surface area contributed by atoms with Gasteiger partial charge in [-0.15, -0.1) is 11.8 Å². The van der Waals surface area contributed by atoms with Crippen molar-refractivity contribution < 1.29 is 48.3 Å². The molecule has 22 nitrogen and oxygen atoms in total. The summed E-state index contributed by atoms with van der Waals surface area (Å²) in [7, 11) is 3.60. The van der Waals surface area contributed by atoms with Gasteiger partial charge in [-0.2, -0.15) is 0 Å². The molecule has 6 atom stereocenters. The number of carbonyl (C=O) groups excluding carboxylic acids is 9. The molecular weight excluding hydrogens is 901 g/mol. The molecule has 9 amide bonds. The fourth-order valence-electron chi connectivity index (χ4n) is 7.59. The van der Waals surface area contributed by atoms with Crippen molar-refractivity contribution in [3.63, 3.8) is 0 Å². The van der Waals surface area contributed by atoms with E-state index < -0.39 is 103 Å². The molecular formula is C45H78N12O10S. The van der Waals surface area contributed by atoms with E-state index in [-0.39, 0.29) is 43.3 Å².